The van der Waals surface area contributed by atoms with Gasteiger partial charge in [0.2, 0.25) is 0 Å². The van der Waals surface area contributed by atoms with Gasteiger partial charge in [-0.05, 0) is 25.5 Å². The Morgan fingerprint density at radius 3 is 2.59 bits per heavy atom. The van der Waals surface area contributed by atoms with Crippen molar-refractivity contribution in [3.8, 4) is 0 Å². The zero-order chi connectivity index (χ0) is 12.7. The fourth-order valence-electron chi connectivity index (χ4n) is 1.67. The first-order chi connectivity index (χ1) is 8.19. The van der Waals surface area contributed by atoms with Crippen molar-refractivity contribution < 1.29 is 10.2 Å². The van der Waals surface area contributed by atoms with Crippen LogP contribution in [0.2, 0.25) is 0 Å². The molecule has 0 unspecified atom stereocenters. The maximum Gasteiger partial charge on any atom is 0.0931 e. The van der Waals surface area contributed by atoms with Gasteiger partial charge in [0.05, 0.1) is 30.3 Å². The number of aromatic nitrogens is 1. The van der Waals surface area contributed by atoms with E-state index >= 15 is 0 Å². The molecule has 4 heteroatoms. The minimum absolute atomic E-state index is 0.141. The third kappa shape index (κ3) is 4.32. The van der Waals surface area contributed by atoms with Crippen LogP contribution in [0.15, 0.2) is 18.3 Å². The second-order valence-corrected chi connectivity index (χ2v) is 4.18. The Balaban J connectivity index is 2.72. The molecule has 0 saturated carbocycles. The lowest BCUT2D eigenvalue weighted by molar-refractivity contribution is 0.194. The quantitative estimate of drug-likeness (QED) is 0.759. The maximum absolute atomic E-state index is 9.38. The number of rotatable bonds is 7. The third-order valence-corrected chi connectivity index (χ3v) is 2.72. The molecule has 1 aromatic rings. The summed E-state index contributed by atoms with van der Waals surface area (Å²) in [5, 5.41) is 18.4. The molecule has 0 radical (unpaired) electrons. The Labute approximate surface area is 103 Å². The van der Waals surface area contributed by atoms with Crippen molar-refractivity contribution in [2.75, 3.05) is 24.6 Å². The Kier molecular flexibility index (Phi) is 5.94. The van der Waals surface area contributed by atoms with Crippen LogP contribution in [0.1, 0.15) is 38.5 Å². The topological polar surface area (TPSA) is 56.6 Å². The summed E-state index contributed by atoms with van der Waals surface area (Å²) in [6, 6.07) is 3.77. The summed E-state index contributed by atoms with van der Waals surface area (Å²) in [6.45, 7) is 5.53. The monoisotopic (exact) mass is 238 g/mol. The van der Waals surface area contributed by atoms with Gasteiger partial charge in [0.15, 0.2) is 0 Å². The zero-order valence-electron chi connectivity index (χ0n) is 10.6. The molecule has 0 aliphatic heterocycles. The summed E-state index contributed by atoms with van der Waals surface area (Å²) >= 11 is 0. The van der Waals surface area contributed by atoms with E-state index in [0.717, 1.165) is 25.1 Å². The molecule has 2 N–H and O–H groups in total. The molecule has 0 saturated heterocycles. The van der Waals surface area contributed by atoms with E-state index in [-0.39, 0.29) is 6.61 Å². The number of nitrogens with zero attached hydrogens (tertiary/aromatic N) is 2. The average molecular weight is 238 g/mol. The van der Waals surface area contributed by atoms with Crippen molar-refractivity contribution >= 4 is 5.69 Å². The smallest absolute Gasteiger partial charge is 0.0931 e. The van der Waals surface area contributed by atoms with Crippen LogP contribution in [0.25, 0.3) is 0 Å². The fourth-order valence-corrected chi connectivity index (χ4v) is 1.67. The zero-order valence-corrected chi connectivity index (χ0v) is 10.6. The molecular weight excluding hydrogens is 216 g/mol. The van der Waals surface area contributed by atoms with E-state index in [2.05, 4.69) is 16.8 Å². The van der Waals surface area contributed by atoms with Gasteiger partial charge in [0.25, 0.3) is 0 Å². The van der Waals surface area contributed by atoms with E-state index in [4.69, 9.17) is 5.11 Å². The van der Waals surface area contributed by atoms with E-state index in [1.807, 2.05) is 12.1 Å². The highest BCUT2D eigenvalue weighted by Crippen LogP contribution is 2.16. The van der Waals surface area contributed by atoms with Crippen LogP contribution in [0.3, 0.4) is 0 Å². The van der Waals surface area contributed by atoms with E-state index in [9.17, 15) is 5.11 Å². The van der Waals surface area contributed by atoms with E-state index < -0.39 is 6.10 Å². The summed E-state index contributed by atoms with van der Waals surface area (Å²) in [7, 11) is 0. The molecule has 1 atom stereocenters. The number of aliphatic hydroxyl groups excluding tert-OH is 2. The van der Waals surface area contributed by atoms with Crippen molar-refractivity contribution in [3.63, 3.8) is 0 Å². The van der Waals surface area contributed by atoms with Gasteiger partial charge in [0.1, 0.15) is 0 Å². The van der Waals surface area contributed by atoms with Gasteiger partial charge < -0.3 is 15.1 Å². The normalized spacial score (nSPS) is 12.5. The molecule has 96 valence electrons. The van der Waals surface area contributed by atoms with Crippen LogP contribution in [0.5, 0.6) is 0 Å². The first kappa shape index (κ1) is 13.9. The predicted octanol–water partition coefficient (Wildman–Crippen LogP) is 1.73. The molecule has 0 aliphatic carbocycles. The van der Waals surface area contributed by atoms with Gasteiger partial charge in [-0.3, -0.25) is 4.98 Å². The van der Waals surface area contributed by atoms with Crippen molar-refractivity contribution in [2.45, 2.75) is 32.8 Å². The highest BCUT2D eigenvalue weighted by Gasteiger charge is 2.07. The molecule has 0 bridgehead atoms. The number of aliphatic hydroxyl groups is 2. The van der Waals surface area contributed by atoms with E-state index in [1.165, 1.54) is 0 Å². The maximum atomic E-state index is 9.38. The summed E-state index contributed by atoms with van der Waals surface area (Å²) in [5.74, 6) is 0. The number of pyridine rings is 1. The Morgan fingerprint density at radius 2 is 2.12 bits per heavy atom. The van der Waals surface area contributed by atoms with Gasteiger partial charge >= 0.3 is 0 Å². The predicted molar refractivity (Wildman–Crippen MR) is 69.1 cm³/mol. The van der Waals surface area contributed by atoms with Crippen molar-refractivity contribution in [3.05, 3.63) is 24.0 Å². The molecule has 1 rings (SSSR count). The lowest BCUT2D eigenvalue weighted by Gasteiger charge is -2.23. The Hall–Kier alpha value is -1.13. The van der Waals surface area contributed by atoms with E-state index in [1.54, 1.807) is 13.1 Å². The lowest BCUT2D eigenvalue weighted by Crippen LogP contribution is -2.27. The number of hydrogen-bond donors (Lipinski definition) is 2. The lowest BCUT2D eigenvalue weighted by atomic mass is 10.2. The van der Waals surface area contributed by atoms with Crippen molar-refractivity contribution in [2.24, 2.45) is 0 Å². The van der Waals surface area contributed by atoms with Gasteiger partial charge in [-0.15, -0.1) is 0 Å². The number of hydrogen-bond acceptors (Lipinski definition) is 4. The SMILES string of the molecule is CCCCN(CCO)c1ccc([C@H](C)O)nc1. The molecule has 0 fully saturated rings. The average Bonchev–Trinajstić information content (AvgIpc) is 2.34. The standard InChI is InChI=1S/C13H22N2O2/c1-3-4-7-15(8-9-16)12-5-6-13(11(2)17)14-10-12/h5-6,10-11,16-17H,3-4,7-9H2,1-2H3/t11-/m0/s1. The minimum atomic E-state index is -0.536. The highest BCUT2D eigenvalue weighted by molar-refractivity contribution is 5.44. The molecule has 0 spiro atoms. The van der Waals surface area contributed by atoms with Gasteiger partial charge in [-0.25, -0.2) is 0 Å². The largest absolute Gasteiger partial charge is 0.395 e. The minimum Gasteiger partial charge on any atom is -0.395 e. The number of anilines is 1. The number of unbranched alkanes of at least 4 members (excludes halogenated alkanes) is 1. The Morgan fingerprint density at radius 1 is 1.35 bits per heavy atom. The fraction of sp³-hybridized carbons (Fsp3) is 0.615. The van der Waals surface area contributed by atoms with Crippen LogP contribution < -0.4 is 4.90 Å². The van der Waals surface area contributed by atoms with Gasteiger partial charge in [-0.2, -0.15) is 0 Å². The molecule has 0 aromatic carbocycles. The molecule has 1 heterocycles. The Bertz CT molecular complexity index is 312. The van der Waals surface area contributed by atoms with Crippen LogP contribution in [0, 0.1) is 0 Å². The molecular formula is C13H22N2O2. The molecule has 0 aliphatic rings. The second-order valence-electron chi connectivity index (χ2n) is 4.18. The third-order valence-electron chi connectivity index (χ3n) is 2.72. The van der Waals surface area contributed by atoms with Crippen LogP contribution >= 0.6 is 0 Å². The van der Waals surface area contributed by atoms with Gasteiger partial charge in [0, 0.05) is 13.1 Å². The van der Waals surface area contributed by atoms with Crippen LogP contribution in [0.4, 0.5) is 5.69 Å². The summed E-state index contributed by atoms with van der Waals surface area (Å²) in [6.07, 6.45) is 3.44. The first-order valence-electron chi connectivity index (χ1n) is 6.18. The molecule has 4 nitrogen and oxygen atoms in total. The van der Waals surface area contributed by atoms with Crippen molar-refractivity contribution in [1.82, 2.24) is 4.98 Å². The first-order valence-corrected chi connectivity index (χ1v) is 6.18. The summed E-state index contributed by atoms with van der Waals surface area (Å²) in [4.78, 5) is 6.33. The van der Waals surface area contributed by atoms with Crippen molar-refractivity contribution in [1.29, 1.82) is 0 Å². The summed E-state index contributed by atoms with van der Waals surface area (Å²) < 4.78 is 0. The second kappa shape index (κ2) is 7.25. The van der Waals surface area contributed by atoms with Crippen LogP contribution in [-0.2, 0) is 0 Å². The van der Waals surface area contributed by atoms with Gasteiger partial charge in [-0.1, -0.05) is 13.3 Å². The molecule has 0 amide bonds. The molecule has 17 heavy (non-hydrogen) atoms. The highest BCUT2D eigenvalue weighted by atomic mass is 16.3. The van der Waals surface area contributed by atoms with E-state index in [0.29, 0.717) is 12.2 Å². The molecule has 1 aromatic heterocycles. The summed E-state index contributed by atoms with van der Waals surface area (Å²) in [5.41, 5.74) is 1.67. The van der Waals surface area contributed by atoms with Crippen LogP contribution in [-0.4, -0.2) is 34.9 Å².